The van der Waals surface area contributed by atoms with Crippen molar-refractivity contribution in [2.75, 3.05) is 7.11 Å². The number of methoxy groups -OCH3 is 1. The van der Waals surface area contributed by atoms with E-state index in [1.807, 2.05) is 0 Å². The number of ether oxygens (including phenoxy) is 8. The first-order valence-electron chi connectivity index (χ1n) is 14.6. The molecule has 0 aliphatic carbocycles. The van der Waals surface area contributed by atoms with Crippen molar-refractivity contribution in [1.29, 1.82) is 0 Å². The monoisotopic (exact) mass is 734 g/mol. The van der Waals surface area contributed by atoms with Crippen LogP contribution in [0.2, 0.25) is 0 Å². The molecule has 20 atom stereocenters. The molecule has 4 aliphatic heterocycles. The van der Waals surface area contributed by atoms with E-state index >= 15 is 0 Å². The average molecular weight is 735 g/mol. The number of hydrogen-bond donors (Lipinski definition) is 13. The number of aliphatic hydroxyl groups is 7. The van der Waals surface area contributed by atoms with Crippen molar-refractivity contribution in [3.8, 4) is 0 Å². The minimum atomic E-state index is -2.35. The minimum Gasteiger partial charge on any atom is -0.479 e. The minimum absolute atomic E-state index is 1.01. The average Bonchev–Trinajstić information content (AvgIpc) is 3.05. The molecule has 4 heterocycles. The summed E-state index contributed by atoms with van der Waals surface area (Å²) in [6, 6.07) is -3.45. The Labute approximate surface area is 278 Å². The Kier molecular flexibility index (Phi) is 12.7. The van der Waals surface area contributed by atoms with Gasteiger partial charge in [-0.2, -0.15) is 0 Å². The Hall–Kier alpha value is -2.80. The smallest absolute Gasteiger partial charge is 0.335 e. The van der Waals surface area contributed by atoms with E-state index in [2.05, 4.69) is 0 Å². The number of rotatable bonds is 11. The Morgan fingerprint density at radius 2 is 0.780 bits per heavy atom. The molecule has 0 saturated carbocycles. The zero-order chi connectivity index (χ0) is 37.5. The Morgan fingerprint density at radius 1 is 0.460 bits per heavy atom. The molecule has 0 spiro atoms. The molecule has 25 heteroatoms. The van der Waals surface area contributed by atoms with Gasteiger partial charge in [-0.05, 0) is 0 Å². The maximum absolute atomic E-state index is 12.2. The van der Waals surface area contributed by atoms with Crippen LogP contribution in [-0.2, 0) is 57.1 Å². The second-order valence-corrected chi connectivity index (χ2v) is 11.7. The summed E-state index contributed by atoms with van der Waals surface area (Å²) in [7, 11) is 1.01. The van der Waals surface area contributed by atoms with E-state index in [1.165, 1.54) is 0 Å². The van der Waals surface area contributed by atoms with E-state index < -0.39 is 147 Å². The first kappa shape index (κ1) is 40.0. The lowest BCUT2D eigenvalue weighted by Crippen LogP contribution is -2.70. The fraction of sp³-hybridized carbons (Fsp3) is 0.840. The second-order valence-electron chi connectivity index (χ2n) is 11.7. The number of hydrogen-bond acceptors (Lipinski definition) is 21. The molecule has 4 rings (SSSR count). The molecule has 4 saturated heterocycles. The number of aliphatic hydroxyl groups excluding tert-OH is 7. The molecular formula is C25H38N2O23. The van der Waals surface area contributed by atoms with Gasteiger partial charge in [0.2, 0.25) is 0 Å². The van der Waals surface area contributed by atoms with Gasteiger partial charge in [0.1, 0.15) is 61.0 Å². The number of carbonyl (C=O) groups is 4. The largest absolute Gasteiger partial charge is 0.479 e. The van der Waals surface area contributed by atoms with Gasteiger partial charge in [0.15, 0.2) is 49.6 Å². The number of carboxylic acids is 4. The summed E-state index contributed by atoms with van der Waals surface area (Å²) >= 11 is 0. The molecular weight excluding hydrogens is 696 g/mol. The number of nitrogens with two attached hydrogens (primary N) is 2. The Bertz CT molecular complexity index is 1240. The third-order valence-electron chi connectivity index (χ3n) is 8.48. The molecule has 25 nitrogen and oxygen atoms in total. The van der Waals surface area contributed by atoms with Gasteiger partial charge < -0.3 is 106 Å². The zero-order valence-corrected chi connectivity index (χ0v) is 25.5. The molecule has 0 aromatic carbocycles. The molecule has 15 N–H and O–H groups in total. The van der Waals surface area contributed by atoms with E-state index in [9.17, 15) is 75.3 Å². The normalized spacial score (nSPS) is 48.4. The van der Waals surface area contributed by atoms with Crippen molar-refractivity contribution in [3.63, 3.8) is 0 Å². The van der Waals surface area contributed by atoms with Gasteiger partial charge in [-0.15, -0.1) is 0 Å². The van der Waals surface area contributed by atoms with Crippen LogP contribution in [0.15, 0.2) is 0 Å². The third kappa shape index (κ3) is 7.68. The summed E-state index contributed by atoms with van der Waals surface area (Å²) in [6.45, 7) is 0. The van der Waals surface area contributed by atoms with Crippen LogP contribution in [0.3, 0.4) is 0 Å². The maximum atomic E-state index is 12.2. The van der Waals surface area contributed by atoms with E-state index in [1.54, 1.807) is 0 Å². The lowest BCUT2D eigenvalue weighted by molar-refractivity contribution is -0.368. The lowest BCUT2D eigenvalue weighted by Gasteiger charge is -2.48. The first-order valence-corrected chi connectivity index (χ1v) is 14.6. The van der Waals surface area contributed by atoms with Crippen LogP contribution in [0.1, 0.15) is 0 Å². The molecule has 15 unspecified atom stereocenters. The fourth-order valence-electron chi connectivity index (χ4n) is 5.76. The molecule has 50 heavy (non-hydrogen) atoms. The van der Waals surface area contributed by atoms with E-state index in [0.717, 1.165) is 7.11 Å². The summed E-state index contributed by atoms with van der Waals surface area (Å²) < 4.78 is 41.4. The topological polar surface area (TPSA) is 417 Å². The molecule has 0 aromatic heterocycles. The highest BCUT2D eigenvalue weighted by molar-refractivity contribution is 5.75. The van der Waals surface area contributed by atoms with Gasteiger partial charge in [-0.3, -0.25) is 0 Å². The van der Waals surface area contributed by atoms with Crippen LogP contribution < -0.4 is 11.5 Å². The SMILES string of the molecule is COC1C(C(=O)O)OC(O[C@H]2C(O)C(O)C(OC3C(C(=O)O)OC(O[C@H]4C(C(=O)O)OC(O)C(N)[C@@H]4O)C(N)[C@H]3O)O[C@H]2C(=O)O)C(O)C1O. The highest BCUT2D eigenvalue weighted by atomic mass is 16.8. The first-order chi connectivity index (χ1) is 23.3. The van der Waals surface area contributed by atoms with Gasteiger partial charge in [-0.1, -0.05) is 0 Å². The molecule has 0 amide bonds. The van der Waals surface area contributed by atoms with Gasteiger partial charge in [-0.25, -0.2) is 19.2 Å². The lowest BCUT2D eigenvalue weighted by atomic mass is 9.94. The maximum Gasteiger partial charge on any atom is 0.335 e. The highest BCUT2D eigenvalue weighted by Crippen LogP contribution is 2.34. The predicted octanol–water partition coefficient (Wildman–Crippen LogP) is -8.79. The van der Waals surface area contributed by atoms with E-state index in [0.29, 0.717) is 0 Å². The number of carboxylic acid groups (broad SMARTS) is 4. The number of aliphatic carboxylic acids is 4. The molecule has 0 bridgehead atoms. The van der Waals surface area contributed by atoms with Gasteiger partial charge >= 0.3 is 23.9 Å². The molecule has 4 aliphatic rings. The van der Waals surface area contributed by atoms with E-state index in [4.69, 9.17) is 49.4 Å². The third-order valence-corrected chi connectivity index (χ3v) is 8.48. The van der Waals surface area contributed by atoms with Gasteiger partial charge in [0, 0.05) is 7.11 Å². The Balaban J connectivity index is 1.51. The molecule has 0 aromatic rings. The summed E-state index contributed by atoms with van der Waals surface area (Å²) in [5, 5.41) is 112. The van der Waals surface area contributed by atoms with Crippen LogP contribution in [0, 0.1) is 0 Å². The fourth-order valence-corrected chi connectivity index (χ4v) is 5.76. The second kappa shape index (κ2) is 15.8. The molecule has 286 valence electrons. The molecule has 0 radical (unpaired) electrons. The summed E-state index contributed by atoms with van der Waals surface area (Å²) in [6.07, 6.45) is -37.8. The van der Waals surface area contributed by atoms with Crippen LogP contribution in [0.5, 0.6) is 0 Å². The summed E-state index contributed by atoms with van der Waals surface area (Å²) in [5.74, 6) is -7.22. The van der Waals surface area contributed by atoms with Crippen molar-refractivity contribution in [2.45, 2.75) is 123 Å². The zero-order valence-electron chi connectivity index (χ0n) is 25.5. The van der Waals surface area contributed by atoms with Crippen molar-refractivity contribution in [2.24, 2.45) is 11.5 Å². The predicted molar refractivity (Wildman–Crippen MR) is 145 cm³/mol. The van der Waals surface area contributed by atoms with Crippen molar-refractivity contribution < 1.29 is 113 Å². The van der Waals surface area contributed by atoms with E-state index in [-0.39, 0.29) is 0 Å². The summed E-state index contributed by atoms with van der Waals surface area (Å²) in [4.78, 5) is 47.7. The Morgan fingerprint density at radius 3 is 1.20 bits per heavy atom. The summed E-state index contributed by atoms with van der Waals surface area (Å²) in [5.41, 5.74) is 11.6. The van der Waals surface area contributed by atoms with Gasteiger partial charge in [0.25, 0.3) is 0 Å². The molecule has 4 fully saturated rings. The van der Waals surface area contributed by atoms with Crippen LogP contribution in [-0.4, -0.2) is 210 Å². The van der Waals surface area contributed by atoms with Crippen LogP contribution in [0.4, 0.5) is 0 Å². The van der Waals surface area contributed by atoms with Crippen molar-refractivity contribution in [3.05, 3.63) is 0 Å². The van der Waals surface area contributed by atoms with Crippen molar-refractivity contribution in [1.82, 2.24) is 0 Å². The quantitative estimate of drug-likeness (QED) is 0.0937. The van der Waals surface area contributed by atoms with Gasteiger partial charge in [0.05, 0.1) is 12.1 Å². The standard InChI is InChI=1S/C25H38N2O23/c1-43-10-6(30)8(32)24(49-14(10)18(34)35)47-13-7(31)9(33)25(50-17(13)21(40)41)46-12-5(29)3(27)23(48-16(12)20(38)39)45-11-4(28)2(26)22(42)44-15(11)19(36)37/h2-17,22-25,28-33,42H,26-27H2,1H3,(H,34,35)(H,36,37)(H,38,39)(H,40,41)/t2?,3?,4-,5+,6?,7?,8?,9?,10?,11+,12?,13-,14?,15?,16?,17+,22?,23?,24?,25?/m0/s1. The van der Waals surface area contributed by atoms with Crippen LogP contribution >= 0.6 is 0 Å². The highest BCUT2D eigenvalue weighted by Gasteiger charge is 2.58. The van der Waals surface area contributed by atoms with Crippen LogP contribution in [0.25, 0.3) is 0 Å². The van der Waals surface area contributed by atoms with Crippen molar-refractivity contribution >= 4 is 23.9 Å².